The lowest BCUT2D eigenvalue weighted by atomic mass is 10.2. The van der Waals surface area contributed by atoms with Crippen LogP contribution in [0.25, 0.3) is 0 Å². The Hall–Kier alpha value is 0.770. The van der Waals surface area contributed by atoms with Gasteiger partial charge in [-0.3, -0.25) is 0 Å². The summed E-state index contributed by atoms with van der Waals surface area (Å²) < 4.78 is 33.2. The lowest BCUT2D eigenvalue weighted by molar-refractivity contribution is -0.109. The number of halogens is 6. The minimum absolute atomic E-state index is 1.71. The molecule has 0 aliphatic heterocycles. The summed E-state index contributed by atoms with van der Waals surface area (Å²) in [6.07, 6.45) is -5.33. The average molecular weight is 292 g/mol. The fraction of sp³-hybridized carbons (Fsp3) is 1.00. The highest BCUT2D eigenvalue weighted by molar-refractivity contribution is 9.10. The van der Waals surface area contributed by atoms with Gasteiger partial charge in [-0.25, -0.2) is 4.39 Å². The van der Waals surface area contributed by atoms with Crippen molar-refractivity contribution < 1.29 is 23.4 Å². The molecule has 0 aromatic heterocycles. The van der Waals surface area contributed by atoms with Crippen molar-refractivity contribution >= 4 is 39.1 Å². The normalized spacial score (nSPS) is 19.0. The summed E-state index contributed by atoms with van der Waals surface area (Å²) >= 11 is 10.9. The summed E-state index contributed by atoms with van der Waals surface area (Å²) in [5.41, 5.74) is 0. The summed E-state index contributed by atoms with van der Waals surface area (Å²) in [7, 11) is 0. The van der Waals surface area contributed by atoms with E-state index in [2.05, 4.69) is 23.2 Å². The van der Waals surface area contributed by atoms with E-state index in [0.717, 1.165) is 0 Å². The van der Waals surface area contributed by atoms with Crippen LogP contribution < -0.4 is 0 Å². The minimum Gasteiger partial charge on any atom is -0.384 e. The highest BCUT2D eigenvalue weighted by Crippen LogP contribution is 2.36. The number of aliphatic hydroxyl groups excluding tert-OH is 2. The molecule has 0 saturated heterocycles. The summed E-state index contributed by atoms with van der Waals surface area (Å²) in [4.78, 5) is -3.85. The molecule has 2 atom stereocenters. The van der Waals surface area contributed by atoms with E-state index in [4.69, 9.17) is 10.2 Å². The van der Waals surface area contributed by atoms with Crippen LogP contribution in [0.2, 0.25) is 0 Å². The molecule has 0 bridgehead atoms. The number of alkyl halides is 6. The fourth-order valence-corrected chi connectivity index (χ4v) is 0.847. The third-order valence-corrected chi connectivity index (χ3v) is 1.89. The van der Waals surface area contributed by atoms with Crippen LogP contribution >= 0.6 is 39.1 Å². The second kappa shape index (κ2) is 3.88. The van der Waals surface area contributed by atoms with E-state index in [-0.39, 0.29) is 0 Å². The zero-order valence-corrected chi connectivity index (χ0v) is 8.41. The SMILES string of the molecule is OC(C(O)C(F)(F)Br)C(F)(Cl)Cl. The second-order valence-electron chi connectivity index (χ2n) is 1.97. The molecule has 2 nitrogen and oxygen atoms in total. The van der Waals surface area contributed by atoms with Gasteiger partial charge in [0, 0.05) is 0 Å². The molecule has 0 amide bonds. The first-order valence-electron chi connectivity index (χ1n) is 2.56. The maximum absolute atomic E-state index is 12.3. The number of hydrogen-bond donors (Lipinski definition) is 2. The van der Waals surface area contributed by atoms with E-state index in [1.54, 1.807) is 15.9 Å². The van der Waals surface area contributed by atoms with Crippen LogP contribution in [0.5, 0.6) is 0 Å². The second-order valence-corrected chi connectivity index (χ2v) is 4.32. The van der Waals surface area contributed by atoms with Gasteiger partial charge in [-0.2, -0.15) is 8.78 Å². The Morgan fingerprint density at radius 2 is 1.42 bits per heavy atom. The van der Waals surface area contributed by atoms with Crippen LogP contribution in [-0.2, 0) is 0 Å². The molecule has 0 aliphatic rings. The van der Waals surface area contributed by atoms with Gasteiger partial charge in [0.2, 0.25) is 0 Å². The quantitative estimate of drug-likeness (QED) is 0.779. The molecular weight excluding hydrogens is 288 g/mol. The van der Waals surface area contributed by atoms with Crippen LogP contribution in [-0.4, -0.2) is 31.8 Å². The van der Waals surface area contributed by atoms with Gasteiger partial charge in [-0.05, 0) is 15.9 Å². The van der Waals surface area contributed by atoms with Gasteiger partial charge in [0.15, 0.2) is 6.10 Å². The molecule has 0 aliphatic carbocycles. The first-order valence-corrected chi connectivity index (χ1v) is 4.11. The fourth-order valence-electron chi connectivity index (χ4n) is 0.358. The molecular formula is C4H4BrCl2F3O2. The monoisotopic (exact) mass is 290 g/mol. The molecule has 0 aromatic rings. The lowest BCUT2D eigenvalue weighted by Gasteiger charge is -2.25. The maximum atomic E-state index is 12.3. The molecule has 0 radical (unpaired) electrons. The minimum atomic E-state index is -3.85. The third-order valence-electron chi connectivity index (χ3n) is 0.970. The Morgan fingerprint density at radius 1 is 1.08 bits per heavy atom. The Balaban J connectivity index is 4.41. The Kier molecular flexibility index (Phi) is 4.12. The van der Waals surface area contributed by atoms with E-state index in [1.165, 1.54) is 0 Å². The number of rotatable bonds is 3. The lowest BCUT2D eigenvalue weighted by Crippen LogP contribution is -2.46. The van der Waals surface area contributed by atoms with Crippen molar-refractivity contribution in [3.63, 3.8) is 0 Å². The highest BCUT2D eigenvalue weighted by atomic mass is 79.9. The van der Waals surface area contributed by atoms with E-state index >= 15 is 0 Å². The van der Waals surface area contributed by atoms with Gasteiger partial charge in [-0.15, -0.1) is 0 Å². The molecule has 12 heavy (non-hydrogen) atoms. The molecule has 0 fully saturated rings. The van der Waals surface area contributed by atoms with Crippen LogP contribution in [0.3, 0.4) is 0 Å². The van der Waals surface area contributed by atoms with Crippen LogP contribution in [0.1, 0.15) is 0 Å². The predicted molar refractivity (Wildman–Crippen MR) is 41.4 cm³/mol. The molecule has 2 unspecified atom stereocenters. The van der Waals surface area contributed by atoms with Crippen molar-refractivity contribution in [1.29, 1.82) is 0 Å². The molecule has 0 saturated carbocycles. The van der Waals surface area contributed by atoms with Crippen LogP contribution in [0.4, 0.5) is 13.2 Å². The van der Waals surface area contributed by atoms with Gasteiger partial charge >= 0.3 is 4.83 Å². The van der Waals surface area contributed by atoms with Crippen molar-refractivity contribution in [1.82, 2.24) is 0 Å². The molecule has 0 rings (SSSR count). The third kappa shape index (κ3) is 3.66. The predicted octanol–water partition coefficient (Wildman–Crippen LogP) is 1.80. The van der Waals surface area contributed by atoms with E-state index in [1.807, 2.05) is 0 Å². The number of hydrogen-bond acceptors (Lipinski definition) is 2. The van der Waals surface area contributed by atoms with E-state index < -0.39 is 21.6 Å². The van der Waals surface area contributed by atoms with Gasteiger partial charge in [0.05, 0.1) is 0 Å². The van der Waals surface area contributed by atoms with Crippen molar-refractivity contribution in [3.8, 4) is 0 Å². The zero-order chi connectivity index (χ0) is 10.2. The smallest absolute Gasteiger partial charge is 0.329 e. The first-order chi connectivity index (χ1) is 5.07. The Bertz CT molecular complexity index is 139. The van der Waals surface area contributed by atoms with Crippen LogP contribution in [0, 0.1) is 0 Å². The molecule has 2 N–H and O–H groups in total. The van der Waals surface area contributed by atoms with Crippen molar-refractivity contribution in [2.24, 2.45) is 0 Å². The van der Waals surface area contributed by atoms with Gasteiger partial charge in [0.25, 0.3) is 4.59 Å². The highest BCUT2D eigenvalue weighted by Gasteiger charge is 2.49. The van der Waals surface area contributed by atoms with Crippen molar-refractivity contribution in [2.75, 3.05) is 0 Å². The van der Waals surface area contributed by atoms with E-state index in [9.17, 15) is 13.2 Å². The standard InChI is InChI=1S/C4H4BrCl2F3O2/c5-3(8,9)1(11)2(12)4(6,7)10/h1-2,11-12H. The molecule has 74 valence electrons. The van der Waals surface area contributed by atoms with Gasteiger partial charge < -0.3 is 10.2 Å². The Morgan fingerprint density at radius 3 is 1.50 bits per heavy atom. The first kappa shape index (κ1) is 12.8. The van der Waals surface area contributed by atoms with E-state index in [0.29, 0.717) is 0 Å². The largest absolute Gasteiger partial charge is 0.384 e. The molecule has 0 spiro atoms. The zero-order valence-electron chi connectivity index (χ0n) is 5.32. The van der Waals surface area contributed by atoms with Crippen LogP contribution in [0.15, 0.2) is 0 Å². The van der Waals surface area contributed by atoms with Crippen molar-refractivity contribution in [3.05, 3.63) is 0 Å². The summed E-state index contributed by atoms with van der Waals surface area (Å²) in [6, 6.07) is 0. The number of aliphatic hydroxyl groups is 2. The summed E-state index contributed by atoms with van der Waals surface area (Å²) in [6.45, 7) is 0. The Labute approximate surface area is 84.4 Å². The maximum Gasteiger partial charge on any atom is 0.329 e. The topological polar surface area (TPSA) is 40.5 Å². The molecule has 0 aromatic carbocycles. The molecule has 8 heteroatoms. The van der Waals surface area contributed by atoms with Gasteiger partial charge in [-0.1, -0.05) is 23.2 Å². The van der Waals surface area contributed by atoms with Crippen molar-refractivity contribution in [2.45, 2.75) is 21.6 Å². The molecule has 0 heterocycles. The summed E-state index contributed by atoms with van der Waals surface area (Å²) in [5.74, 6) is 0. The average Bonchev–Trinajstić information content (AvgIpc) is 1.80. The van der Waals surface area contributed by atoms with Gasteiger partial charge in [0.1, 0.15) is 6.10 Å². The summed E-state index contributed by atoms with van der Waals surface area (Å²) in [5, 5.41) is 17.1.